The Bertz CT molecular complexity index is 343. The van der Waals surface area contributed by atoms with Crippen LogP contribution in [-0.4, -0.2) is 22.2 Å². The molecule has 2 atom stereocenters. The number of allylic oxidation sites excluding steroid dienone is 2. The van der Waals surface area contributed by atoms with Gasteiger partial charge in [-0.3, -0.25) is 4.79 Å². The number of carbonyl (C=O) groups is 2. The van der Waals surface area contributed by atoms with Crippen LogP contribution in [0, 0.1) is 11.8 Å². The minimum atomic E-state index is -1.10. The first-order valence-electron chi connectivity index (χ1n) is 4.08. The number of rotatable bonds is 2. The Morgan fingerprint density at radius 2 is 1.93 bits per heavy atom. The Labute approximate surface area is 80.5 Å². The molecule has 0 aromatic carbocycles. The molecule has 0 saturated heterocycles. The first-order valence-corrected chi connectivity index (χ1v) is 4.08. The summed E-state index contributed by atoms with van der Waals surface area (Å²) < 4.78 is 0. The van der Waals surface area contributed by atoms with Crippen molar-refractivity contribution in [2.75, 3.05) is 0 Å². The van der Waals surface area contributed by atoms with Crippen LogP contribution < -0.4 is 5.73 Å². The third-order valence-electron chi connectivity index (χ3n) is 2.32. The molecular formula is C9H11NO4. The molecule has 1 aliphatic carbocycles. The van der Waals surface area contributed by atoms with Gasteiger partial charge in [0, 0.05) is 17.2 Å². The third kappa shape index (κ3) is 1.61. The summed E-state index contributed by atoms with van der Waals surface area (Å²) in [6, 6.07) is 0. The fourth-order valence-electron chi connectivity index (χ4n) is 1.53. The van der Waals surface area contributed by atoms with Gasteiger partial charge in [0.2, 0.25) is 0 Å². The van der Waals surface area contributed by atoms with Gasteiger partial charge in [-0.2, -0.15) is 0 Å². The van der Waals surface area contributed by atoms with Crippen molar-refractivity contribution in [2.45, 2.75) is 6.92 Å². The highest BCUT2D eigenvalue weighted by Gasteiger charge is 2.34. The monoisotopic (exact) mass is 197 g/mol. The Balaban J connectivity index is 3.07. The van der Waals surface area contributed by atoms with Crippen molar-refractivity contribution in [2.24, 2.45) is 17.6 Å². The smallest absolute Gasteiger partial charge is 0.331 e. The maximum absolute atomic E-state index is 10.8. The van der Waals surface area contributed by atoms with Crippen molar-refractivity contribution in [1.82, 2.24) is 0 Å². The summed E-state index contributed by atoms with van der Waals surface area (Å²) >= 11 is 0. The molecule has 0 aliphatic heterocycles. The van der Waals surface area contributed by atoms with Gasteiger partial charge < -0.3 is 15.9 Å². The molecule has 0 heterocycles. The second kappa shape index (κ2) is 3.53. The molecule has 0 bridgehead atoms. The number of carboxylic acids is 2. The van der Waals surface area contributed by atoms with E-state index in [0.717, 1.165) is 0 Å². The highest BCUT2D eigenvalue weighted by molar-refractivity contribution is 5.90. The molecule has 1 rings (SSSR count). The van der Waals surface area contributed by atoms with E-state index in [4.69, 9.17) is 15.9 Å². The van der Waals surface area contributed by atoms with Crippen molar-refractivity contribution >= 4 is 11.9 Å². The van der Waals surface area contributed by atoms with Crippen LogP contribution in [-0.2, 0) is 9.59 Å². The summed E-state index contributed by atoms with van der Waals surface area (Å²) in [5.41, 5.74) is 5.74. The summed E-state index contributed by atoms with van der Waals surface area (Å²) in [5.74, 6) is -3.74. The molecule has 0 amide bonds. The molecule has 76 valence electrons. The summed E-state index contributed by atoms with van der Waals surface area (Å²) in [5, 5.41) is 17.6. The van der Waals surface area contributed by atoms with Crippen LogP contribution in [0.1, 0.15) is 6.92 Å². The maximum atomic E-state index is 10.8. The molecule has 0 fully saturated rings. The zero-order chi connectivity index (χ0) is 10.9. The first-order chi connectivity index (χ1) is 6.45. The van der Waals surface area contributed by atoms with Crippen LogP contribution in [0.5, 0.6) is 0 Å². The standard InChI is InChI=1S/C9H11NO4/c1-4-5(8(11)12)2-3-6(10)7(4)9(13)14/h2-4,7H,10H2,1H3,(H,11,12)(H,13,14). The van der Waals surface area contributed by atoms with Gasteiger partial charge in [-0.25, -0.2) is 4.79 Å². The van der Waals surface area contributed by atoms with Gasteiger partial charge in [0.15, 0.2) is 0 Å². The molecule has 0 aromatic heterocycles. The van der Waals surface area contributed by atoms with E-state index >= 15 is 0 Å². The molecule has 0 spiro atoms. The van der Waals surface area contributed by atoms with Gasteiger partial charge >= 0.3 is 11.9 Å². The van der Waals surface area contributed by atoms with Crippen LogP contribution in [0.25, 0.3) is 0 Å². The van der Waals surface area contributed by atoms with Crippen molar-refractivity contribution < 1.29 is 19.8 Å². The maximum Gasteiger partial charge on any atom is 0.331 e. The van der Waals surface area contributed by atoms with Gasteiger partial charge in [-0.05, 0) is 12.2 Å². The average molecular weight is 197 g/mol. The quantitative estimate of drug-likeness (QED) is 0.586. The second-order valence-corrected chi connectivity index (χ2v) is 3.20. The van der Waals surface area contributed by atoms with Gasteiger partial charge in [-0.1, -0.05) is 6.92 Å². The van der Waals surface area contributed by atoms with Gasteiger partial charge in [-0.15, -0.1) is 0 Å². The van der Waals surface area contributed by atoms with E-state index in [9.17, 15) is 9.59 Å². The van der Waals surface area contributed by atoms with Crippen LogP contribution in [0.15, 0.2) is 23.4 Å². The summed E-state index contributed by atoms with van der Waals surface area (Å²) in [6.45, 7) is 1.54. The molecule has 2 unspecified atom stereocenters. The number of hydrogen-bond acceptors (Lipinski definition) is 3. The average Bonchev–Trinajstić information content (AvgIpc) is 2.02. The van der Waals surface area contributed by atoms with Gasteiger partial charge in [0.05, 0.1) is 0 Å². The van der Waals surface area contributed by atoms with E-state index in [1.165, 1.54) is 12.2 Å². The van der Waals surface area contributed by atoms with Crippen molar-refractivity contribution in [3.05, 3.63) is 23.4 Å². The lowest BCUT2D eigenvalue weighted by molar-refractivity contribution is -0.142. The summed E-state index contributed by atoms with van der Waals surface area (Å²) in [6.07, 6.45) is 2.68. The lowest BCUT2D eigenvalue weighted by Crippen LogP contribution is -2.32. The minimum Gasteiger partial charge on any atom is -0.481 e. The van der Waals surface area contributed by atoms with E-state index in [-0.39, 0.29) is 11.3 Å². The molecule has 5 nitrogen and oxygen atoms in total. The number of carboxylic acid groups (broad SMARTS) is 2. The topological polar surface area (TPSA) is 101 Å². The lowest BCUT2D eigenvalue weighted by Gasteiger charge is -2.24. The summed E-state index contributed by atoms with van der Waals surface area (Å²) in [7, 11) is 0. The number of aliphatic carboxylic acids is 2. The van der Waals surface area contributed by atoms with Crippen LogP contribution >= 0.6 is 0 Å². The zero-order valence-corrected chi connectivity index (χ0v) is 7.60. The molecule has 14 heavy (non-hydrogen) atoms. The first kappa shape index (κ1) is 10.3. The third-order valence-corrected chi connectivity index (χ3v) is 2.32. The van der Waals surface area contributed by atoms with Crippen LogP contribution in [0.2, 0.25) is 0 Å². The normalized spacial score (nSPS) is 26.4. The van der Waals surface area contributed by atoms with E-state index in [2.05, 4.69) is 0 Å². The molecule has 5 heteroatoms. The lowest BCUT2D eigenvalue weighted by atomic mass is 9.81. The van der Waals surface area contributed by atoms with Gasteiger partial charge in [0.25, 0.3) is 0 Å². The van der Waals surface area contributed by atoms with Crippen LogP contribution in [0.3, 0.4) is 0 Å². The van der Waals surface area contributed by atoms with Crippen molar-refractivity contribution in [3.8, 4) is 0 Å². The minimum absolute atomic E-state index is 0.0756. The Morgan fingerprint density at radius 1 is 1.36 bits per heavy atom. The van der Waals surface area contributed by atoms with Crippen molar-refractivity contribution in [3.63, 3.8) is 0 Å². The second-order valence-electron chi connectivity index (χ2n) is 3.20. The van der Waals surface area contributed by atoms with E-state index in [0.29, 0.717) is 0 Å². The number of nitrogens with two attached hydrogens (primary N) is 1. The van der Waals surface area contributed by atoms with E-state index in [1.54, 1.807) is 6.92 Å². The Kier molecular flexibility index (Phi) is 2.60. The molecule has 4 N–H and O–H groups in total. The fourth-order valence-corrected chi connectivity index (χ4v) is 1.53. The van der Waals surface area contributed by atoms with Crippen molar-refractivity contribution in [1.29, 1.82) is 0 Å². The zero-order valence-electron chi connectivity index (χ0n) is 7.60. The highest BCUT2D eigenvalue weighted by atomic mass is 16.4. The molecule has 1 aliphatic rings. The molecule has 0 saturated carbocycles. The summed E-state index contributed by atoms with van der Waals surface area (Å²) in [4.78, 5) is 21.5. The molecular weight excluding hydrogens is 186 g/mol. The Hall–Kier alpha value is -1.78. The highest BCUT2D eigenvalue weighted by Crippen LogP contribution is 2.29. The predicted octanol–water partition coefficient (Wildman–Crippen LogP) is 0.190. The van der Waals surface area contributed by atoms with Crippen LogP contribution in [0.4, 0.5) is 0 Å². The van der Waals surface area contributed by atoms with E-state index < -0.39 is 23.8 Å². The van der Waals surface area contributed by atoms with Gasteiger partial charge in [0.1, 0.15) is 5.92 Å². The fraction of sp³-hybridized carbons (Fsp3) is 0.333. The SMILES string of the molecule is CC1C(C(=O)O)=CC=C(N)C1C(=O)O. The largest absolute Gasteiger partial charge is 0.481 e. The molecule has 0 aromatic rings. The van der Waals surface area contributed by atoms with E-state index in [1.807, 2.05) is 0 Å². The number of hydrogen-bond donors (Lipinski definition) is 3. The predicted molar refractivity (Wildman–Crippen MR) is 48.3 cm³/mol. The Morgan fingerprint density at radius 3 is 2.36 bits per heavy atom. The molecule has 0 radical (unpaired) electrons.